The Morgan fingerprint density at radius 2 is 1.68 bits per heavy atom. The minimum absolute atomic E-state index is 0.0981. The van der Waals surface area contributed by atoms with Gasteiger partial charge in [-0.25, -0.2) is 13.2 Å². The second kappa shape index (κ2) is 11.4. The summed E-state index contributed by atoms with van der Waals surface area (Å²) in [7, 11) is -3.94. The summed E-state index contributed by atoms with van der Waals surface area (Å²) in [4.78, 5) is 11.7. The first-order valence-electron chi connectivity index (χ1n) is 13.0. The number of alkyl halides is 3. The van der Waals surface area contributed by atoms with Crippen LogP contribution < -0.4 is 9.47 Å². The van der Waals surface area contributed by atoms with E-state index in [0.717, 1.165) is 16.7 Å². The third-order valence-corrected chi connectivity index (χ3v) is 8.95. The minimum Gasteiger partial charge on any atom is -0.482 e. The highest BCUT2D eigenvalue weighted by molar-refractivity contribution is 7.89. The van der Waals surface area contributed by atoms with E-state index in [1.165, 1.54) is 46.8 Å². The predicted molar refractivity (Wildman–Crippen MR) is 147 cm³/mol. The normalized spacial score (nSPS) is 17.0. The molecule has 41 heavy (non-hydrogen) atoms. The highest BCUT2D eigenvalue weighted by Gasteiger charge is 2.42. The molecule has 220 valence electrons. The second-order valence-corrected chi connectivity index (χ2v) is 12.4. The number of fused-ring (bicyclic) bond motifs is 1. The van der Waals surface area contributed by atoms with Gasteiger partial charge in [-0.1, -0.05) is 38.1 Å². The van der Waals surface area contributed by atoms with Gasteiger partial charge in [-0.05, 0) is 85.0 Å². The molecule has 0 saturated carbocycles. The van der Waals surface area contributed by atoms with Gasteiger partial charge in [0.15, 0.2) is 6.61 Å². The van der Waals surface area contributed by atoms with Crippen molar-refractivity contribution in [1.82, 2.24) is 4.31 Å². The number of hydrogen-bond acceptors (Lipinski definition) is 6. The van der Waals surface area contributed by atoms with E-state index < -0.39 is 33.8 Å². The monoisotopic (exact) mass is 591 g/mol. The predicted octanol–water partition coefficient (Wildman–Crippen LogP) is 6.55. The summed E-state index contributed by atoms with van der Waals surface area (Å²) in [5, 5.41) is 0. The lowest BCUT2D eigenvalue weighted by atomic mass is 9.76. The maximum Gasteiger partial charge on any atom is 0.573 e. The molecule has 1 aliphatic heterocycles. The number of carbonyl (C=O) groups excluding carboxylic acids is 1. The van der Waals surface area contributed by atoms with E-state index in [9.17, 15) is 26.4 Å². The summed E-state index contributed by atoms with van der Waals surface area (Å²) in [5.74, 6) is -0.458. The summed E-state index contributed by atoms with van der Waals surface area (Å²) in [6.07, 6.45) is -4.78. The van der Waals surface area contributed by atoms with Gasteiger partial charge in [0.05, 0.1) is 11.5 Å². The molecule has 1 aliphatic rings. The number of hydrogen-bond donors (Lipinski definition) is 0. The molecule has 3 aromatic rings. The first-order chi connectivity index (χ1) is 19.1. The number of aryl methyl sites for hydroxylation is 1. The Kier molecular flexibility index (Phi) is 8.42. The van der Waals surface area contributed by atoms with Crippen molar-refractivity contribution in [3.8, 4) is 22.6 Å². The Balaban J connectivity index is 1.63. The maximum absolute atomic E-state index is 13.9. The number of rotatable bonds is 8. The van der Waals surface area contributed by atoms with Crippen molar-refractivity contribution in [3.63, 3.8) is 0 Å². The van der Waals surface area contributed by atoms with Crippen LogP contribution in [-0.2, 0) is 25.0 Å². The van der Waals surface area contributed by atoms with Crippen LogP contribution in [0.3, 0.4) is 0 Å². The number of esters is 1. The summed E-state index contributed by atoms with van der Waals surface area (Å²) < 4.78 is 81.3. The molecular weight excluding hydrogens is 559 g/mol. The summed E-state index contributed by atoms with van der Waals surface area (Å²) in [5.41, 5.74) is 3.25. The standard InChI is InChI=1S/C30H32F3NO6S/c1-6-38-28(35)17-39-27-14-12-24(15-19(27)2)41(36,37)34-18-29(4,5)26-13-9-22(16-25(26)20(34)3)21-7-10-23(11-8-21)40-30(31,32)33/h7-16,20H,6,17-18H2,1-5H3. The Hall–Kier alpha value is -3.57. The first-order valence-corrected chi connectivity index (χ1v) is 14.5. The molecule has 1 heterocycles. The number of ether oxygens (including phenoxy) is 3. The average molecular weight is 592 g/mol. The van der Waals surface area contributed by atoms with Gasteiger partial charge in [0.1, 0.15) is 11.5 Å². The van der Waals surface area contributed by atoms with Crippen molar-refractivity contribution in [2.45, 2.75) is 57.3 Å². The lowest BCUT2D eigenvalue weighted by Crippen LogP contribution is -2.47. The molecule has 0 amide bonds. The molecule has 0 aromatic heterocycles. The average Bonchev–Trinajstić information content (AvgIpc) is 2.89. The quantitative estimate of drug-likeness (QED) is 0.277. The van der Waals surface area contributed by atoms with Crippen LogP contribution in [0.25, 0.3) is 11.1 Å². The number of sulfonamides is 1. The summed E-state index contributed by atoms with van der Waals surface area (Å²) in [6, 6.07) is 15.3. The molecule has 7 nitrogen and oxygen atoms in total. The van der Waals surface area contributed by atoms with E-state index in [1.807, 2.05) is 39.0 Å². The lowest BCUT2D eigenvalue weighted by Gasteiger charge is -2.43. The summed E-state index contributed by atoms with van der Waals surface area (Å²) in [6.45, 7) is 9.36. The van der Waals surface area contributed by atoms with Crippen LogP contribution in [0.4, 0.5) is 13.2 Å². The fourth-order valence-corrected chi connectivity index (χ4v) is 6.89. The van der Waals surface area contributed by atoms with Crippen molar-refractivity contribution in [2.24, 2.45) is 0 Å². The van der Waals surface area contributed by atoms with Gasteiger partial charge in [-0.15, -0.1) is 13.2 Å². The zero-order valence-electron chi connectivity index (χ0n) is 23.4. The highest BCUT2D eigenvalue weighted by Crippen LogP contribution is 2.44. The molecule has 1 atom stereocenters. The van der Waals surface area contributed by atoms with Crippen molar-refractivity contribution >= 4 is 16.0 Å². The highest BCUT2D eigenvalue weighted by atomic mass is 32.2. The van der Waals surface area contributed by atoms with Crippen LogP contribution in [-0.4, -0.2) is 44.8 Å². The van der Waals surface area contributed by atoms with Gasteiger partial charge in [0.2, 0.25) is 10.0 Å². The van der Waals surface area contributed by atoms with E-state index in [1.54, 1.807) is 13.8 Å². The molecule has 0 saturated heterocycles. The second-order valence-electron chi connectivity index (χ2n) is 10.5. The number of benzene rings is 3. The van der Waals surface area contributed by atoms with Crippen molar-refractivity contribution < 1.29 is 40.6 Å². The fraction of sp³-hybridized carbons (Fsp3) is 0.367. The van der Waals surface area contributed by atoms with E-state index in [-0.39, 0.29) is 30.4 Å². The van der Waals surface area contributed by atoms with Crippen molar-refractivity contribution in [2.75, 3.05) is 19.8 Å². The van der Waals surface area contributed by atoms with E-state index in [2.05, 4.69) is 4.74 Å². The van der Waals surface area contributed by atoms with E-state index in [0.29, 0.717) is 16.9 Å². The smallest absolute Gasteiger partial charge is 0.482 e. The van der Waals surface area contributed by atoms with E-state index in [4.69, 9.17) is 9.47 Å². The molecule has 11 heteroatoms. The largest absolute Gasteiger partial charge is 0.573 e. The molecular formula is C30H32F3NO6S. The SMILES string of the molecule is CCOC(=O)COc1ccc(S(=O)(=O)N2CC(C)(C)c3ccc(-c4ccc(OC(F)(F)F)cc4)cc3C2C)cc1C. The Morgan fingerprint density at radius 1 is 1.02 bits per heavy atom. The van der Waals surface area contributed by atoms with Crippen LogP contribution >= 0.6 is 0 Å². The lowest BCUT2D eigenvalue weighted by molar-refractivity contribution is -0.274. The van der Waals surface area contributed by atoms with Crippen LogP contribution in [0, 0.1) is 6.92 Å². The molecule has 0 fully saturated rings. The number of halogens is 3. The number of carbonyl (C=O) groups is 1. The fourth-order valence-electron chi connectivity index (χ4n) is 5.03. The van der Waals surface area contributed by atoms with Crippen molar-refractivity contribution in [1.29, 1.82) is 0 Å². The van der Waals surface area contributed by atoms with Crippen LogP contribution in [0.2, 0.25) is 0 Å². The topological polar surface area (TPSA) is 82.1 Å². The van der Waals surface area contributed by atoms with Gasteiger partial charge in [0, 0.05) is 18.0 Å². The Labute approximate surface area is 237 Å². The number of nitrogens with zero attached hydrogens (tertiary/aromatic N) is 1. The van der Waals surface area contributed by atoms with Gasteiger partial charge in [-0.3, -0.25) is 0 Å². The van der Waals surface area contributed by atoms with Crippen molar-refractivity contribution in [3.05, 3.63) is 77.4 Å². The zero-order valence-corrected chi connectivity index (χ0v) is 24.2. The van der Waals surface area contributed by atoms with Crippen LogP contribution in [0.15, 0.2) is 65.6 Å². The van der Waals surface area contributed by atoms with Crippen LogP contribution in [0.5, 0.6) is 11.5 Å². The molecule has 0 radical (unpaired) electrons. The Morgan fingerprint density at radius 3 is 2.29 bits per heavy atom. The summed E-state index contributed by atoms with van der Waals surface area (Å²) >= 11 is 0. The van der Waals surface area contributed by atoms with Crippen LogP contribution in [0.1, 0.15) is 50.4 Å². The first kappa shape index (κ1) is 30.4. The minimum atomic E-state index is -4.78. The van der Waals surface area contributed by atoms with E-state index >= 15 is 0 Å². The molecule has 0 spiro atoms. The molecule has 4 rings (SSSR count). The third-order valence-electron chi connectivity index (χ3n) is 7.04. The molecule has 0 aliphatic carbocycles. The van der Waals surface area contributed by atoms with Gasteiger partial charge >= 0.3 is 12.3 Å². The molecule has 1 unspecified atom stereocenters. The van der Waals surface area contributed by atoms with Gasteiger partial charge < -0.3 is 14.2 Å². The third kappa shape index (κ3) is 6.68. The molecule has 0 bridgehead atoms. The zero-order chi connectivity index (χ0) is 30.2. The Bertz CT molecular complexity index is 1530. The van der Waals surface area contributed by atoms with Gasteiger partial charge in [0.25, 0.3) is 0 Å². The van der Waals surface area contributed by atoms with Gasteiger partial charge in [-0.2, -0.15) is 4.31 Å². The molecule has 0 N–H and O–H groups in total. The molecule has 3 aromatic carbocycles. The maximum atomic E-state index is 13.9.